The minimum absolute atomic E-state index is 0.0270. The van der Waals surface area contributed by atoms with E-state index in [0.717, 1.165) is 12.1 Å². The van der Waals surface area contributed by atoms with E-state index in [-0.39, 0.29) is 12.3 Å². The quantitative estimate of drug-likeness (QED) is 0.684. The smallest absolute Gasteiger partial charge is 0.326 e. The Morgan fingerprint density at radius 1 is 1.29 bits per heavy atom. The molecule has 0 atom stereocenters. The molecule has 0 saturated carbocycles. The highest BCUT2D eigenvalue weighted by Gasteiger charge is 2.32. The highest BCUT2D eigenvalue weighted by Crippen LogP contribution is 2.33. The summed E-state index contributed by atoms with van der Waals surface area (Å²) in [5, 5.41) is 2.47. The summed E-state index contributed by atoms with van der Waals surface area (Å²) < 4.78 is 36.7. The second kappa shape index (κ2) is 2.73. The lowest BCUT2D eigenvalue weighted by atomic mass is 10.1. The molecule has 74 valence electrons. The van der Waals surface area contributed by atoms with E-state index in [1.807, 2.05) is 0 Å². The first-order valence-corrected chi connectivity index (χ1v) is 3.97. The first-order chi connectivity index (χ1) is 6.47. The largest absolute Gasteiger partial charge is 0.416 e. The van der Waals surface area contributed by atoms with Crippen LogP contribution in [0, 0.1) is 0 Å². The average Bonchev–Trinajstić information content (AvgIpc) is 2.41. The number of carbonyl (C=O) groups excluding carboxylic acids is 1. The van der Waals surface area contributed by atoms with Crippen LogP contribution in [0.3, 0.4) is 0 Å². The van der Waals surface area contributed by atoms with Crippen molar-refractivity contribution in [1.29, 1.82) is 0 Å². The van der Waals surface area contributed by atoms with Crippen molar-refractivity contribution >= 4 is 11.6 Å². The van der Waals surface area contributed by atoms with Crippen molar-refractivity contribution in [2.24, 2.45) is 0 Å². The summed E-state index contributed by atoms with van der Waals surface area (Å²) in [6.07, 6.45) is -4.32. The van der Waals surface area contributed by atoms with Crippen LogP contribution in [0.25, 0.3) is 0 Å². The van der Waals surface area contributed by atoms with Crippen LogP contribution < -0.4 is 5.32 Å². The van der Waals surface area contributed by atoms with Crippen LogP contribution in [-0.4, -0.2) is 5.91 Å². The molecule has 0 fully saturated rings. The number of fused-ring (bicyclic) bond motifs is 1. The molecule has 2 rings (SSSR count). The van der Waals surface area contributed by atoms with Gasteiger partial charge in [0.15, 0.2) is 0 Å². The summed E-state index contributed by atoms with van der Waals surface area (Å²) in [5.41, 5.74) is 0.167. The topological polar surface area (TPSA) is 29.1 Å². The zero-order chi connectivity index (χ0) is 10.3. The molecule has 0 spiro atoms. The maximum absolute atomic E-state index is 12.2. The first-order valence-electron chi connectivity index (χ1n) is 3.97. The Kier molecular flexibility index (Phi) is 1.77. The second-order valence-corrected chi connectivity index (χ2v) is 3.09. The van der Waals surface area contributed by atoms with Crippen molar-refractivity contribution < 1.29 is 18.0 Å². The van der Waals surface area contributed by atoms with Gasteiger partial charge >= 0.3 is 6.18 Å². The van der Waals surface area contributed by atoms with Crippen LogP contribution >= 0.6 is 0 Å². The molecule has 0 aliphatic carbocycles. The van der Waals surface area contributed by atoms with E-state index in [9.17, 15) is 18.0 Å². The van der Waals surface area contributed by atoms with Gasteiger partial charge in [-0.2, -0.15) is 13.2 Å². The second-order valence-electron chi connectivity index (χ2n) is 3.09. The molecule has 14 heavy (non-hydrogen) atoms. The zero-order valence-corrected chi connectivity index (χ0v) is 6.98. The third-order valence-corrected chi connectivity index (χ3v) is 2.06. The molecule has 1 amide bonds. The fourth-order valence-corrected chi connectivity index (χ4v) is 1.41. The Morgan fingerprint density at radius 2 is 2.00 bits per heavy atom. The molecule has 2 nitrogen and oxygen atoms in total. The molecular weight excluding hydrogens is 195 g/mol. The molecule has 1 aliphatic rings. The van der Waals surface area contributed by atoms with E-state index < -0.39 is 11.7 Å². The van der Waals surface area contributed by atoms with Gasteiger partial charge < -0.3 is 5.32 Å². The van der Waals surface area contributed by atoms with Gasteiger partial charge in [0.05, 0.1) is 12.0 Å². The van der Waals surface area contributed by atoms with Crippen molar-refractivity contribution in [1.82, 2.24) is 0 Å². The lowest BCUT2D eigenvalue weighted by Crippen LogP contribution is -2.04. The van der Waals surface area contributed by atoms with Gasteiger partial charge in [0.25, 0.3) is 0 Å². The van der Waals surface area contributed by atoms with Gasteiger partial charge in [-0.3, -0.25) is 4.79 Å². The van der Waals surface area contributed by atoms with E-state index >= 15 is 0 Å². The van der Waals surface area contributed by atoms with E-state index in [1.54, 1.807) is 0 Å². The average molecular weight is 201 g/mol. The van der Waals surface area contributed by atoms with Crippen LogP contribution in [-0.2, 0) is 17.4 Å². The summed E-state index contributed by atoms with van der Waals surface area (Å²) in [6, 6.07) is 3.25. The summed E-state index contributed by atoms with van der Waals surface area (Å²) in [7, 11) is 0. The predicted molar refractivity (Wildman–Crippen MR) is 43.8 cm³/mol. The van der Waals surface area contributed by atoms with Crippen LogP contribution in [0.5, 0.6) is 0 Å². The van der Waals surface area contributed by atoms with Crippen LogP contribution in [0.15, 0.2) is 18.2 Å². The molecule has 0 bridgehead atoms. The number of carbonyl (C=O) groups is 1. The summed E-state index contributed by atoms with van der Waals surface area (Å²) >= 11 is 0. The summed E-state index contributed by atoms with van der Waals surface area (Å²) in [5.74, 6) is -0.265. The normalized spacial score (nSPS) is 15.2. The SMILES string of the molecule is O=C1Cc2cc(C(F)(F)F)ccc2N1. The number of anilines is 1. The lowest BCUT2D eigenvalue weighted by molar-refractivity contribution is -0.137. The maximum Gasteiger partial charge on any atom is 0.416 e. The van der Waals surface area contributed by atoms with E-state index in [1.165, 1.54) is 6.07 Å². The minimum atomic E-state index is -4.35. The van der Waals surface area contributed by atoms with Crippen LogP contribution in [0.4, 0.5) is 18.9 Å². The number of hydrogen-bond acceptors (Lipinski definition) is 1. The number of nitrogens with one attached hydrogen (secondary N) is 1. The van der Waals surface area contributed by atoms with Crippen molar-refractivity contribution in [3.8, 4) is 0 Å². The molecule has 1 aromatic carbocycles. The van der Waals surface area contributed by atoms with E-state index in [4.69, 9.17) is 0 Å². The van der Waals surface area contributed by atoms with Crippen molar-refractivity contribution in [3.05, 3.63) is 29.3 Å². The lowest BCUT2D eigenvalue weighted by Gasteiger charge is -2.07. The van der Waals surface area contributed by atoms with Gasteiger partial charge in [0.2, 0.25) is 5.91 Å². The summed E-state index contributed by atoms with van der Waals surface area (Å²) in [6.45, 7) is 0. The fraction of sp³-hybridized carbons (Fsp3) is 0.222. The number of rotatable bonds is 0. The van der Waals surface area contributed by atoms with Gasteiger partial charge in [0, 0.05) is 5.69 Å². The summed E-state index contributed by atoms with van der Waals surface area (Å²) in [4.78, 5) is 10.9. The zero-order valence-electron chi connectivity index (χ0n) is 6.98. The highest BCUT2D eigenvalue weighted by molar-refractivity contribution is 5.99. The third-order valence-electron chi connectivity index (χ3n) is 2.06. The first kappa shape index (κ1) is 9.05. The molecule has 1 heterocycles. The molecule has 1 aliphatic heterocycles. The van der Waals surface area contributed by atoms with Crippen molar-refractivity contribution in [2.45, 2.75) is 12.6 Å². The van der Waals surface area contributed by atoms with Gasteiger partial charge in [0.1, 0.15) is 0 Å². The Bertz CT molecular complexity index is 398. The highest BCUT2D eigenvalue weighted by atomic mass is 19.4. The third kappa shape index (κ3) is 1.45. The molecule has 5 heteroatoms. The number of hydrogen-bond donors (Lipinski definition) is 1. The molecule has 0 aromatic heterocycles. The standard InChI is InChI=1S/C9H6F3NO/c10-9(11,12)6-1-2-7-5(3-6)4-8(14)13-7/h1-3H,4H2,(H,13,14). The Hall–Kier alpha value is -1.52. The molecule has 0 saturated heterocycles. The Labute approximate surface area is 77.7 Å². The van der Waals surface area contributed by atoms with Gasteiger partial charge in [-0.15, -0.1) is 0 Å². The van der Waals surface area contributed by atoms with Crippen LogP contribution in [0.1, 0.15) is 11.1 Å². The maximum atomic E-state index is 12.2. The van der Waals surface area contributed by atoms with E-state index in [0.29, 0.717) is 11.3 Å². The van der Waals surface area contributed by atoms with Gasteiger partial charge in [-0.1, -0.05) is 0 Å². The van der Waals surface area contributed by atoms with E-state index in [2.05, 4.69) is 5.32 Å². The molecular formula is C9H6F3NO. The fourth-order valence-electron chi connectivity index (χ4n) is 1.41. The Balaban J connectivity index is 2.43. The minimum Gasteiger partial charge on any atom is -0.326 e. The Morgan fingerprint density at radius 3 is 2.64 bits per heavy atom. The van der Waals surface area contributed by atoms with Crippen molar-refractivity contribution in [2.75, 3.05) is 5.32 Å². The molecule has 1 aromatic rings. The number of benzene rings is 1. The molecule has 1 N–H and O–H groups in total. The number of halogens is 3. The predicted octanol–water partition coefficient (Wildman–Crippen LogP) is 2.20. The van der Waals surface area contributed by atoms with Gasteiger partial charge in [-0.05, 0) is 23.8 Å². The van der Waals surface area contributed by atoms with Crippen LogP contribution in [0.2, 0.25) is 0 Å². The molecule has 0 radical (unpaired) electrons. The number of amides is 1. The van der Waals surface area contributed by atoms with Crippen molar-refractivity contribution in [3.63, 3.8) is 0 Å². The number of alkyl halides is 3. The van der Waals surface area contributed by atoms with Gasteiger partial charge in [-0.25, -0.2) is 0 Å². The molecule has 0 unspecified atom stereocenters. The monoisotopic (exact) mass is 201 g/mol.